The fourth-order valence-electron chi connectivity index (χ4n) is 2.96. The van der Waals surface area contributed by atoms with Gasteiger partial charge >= 0.3 is 0 Å². The van der Waals surface area contributed by atoms with Crippen LogP contribution in [0.25, 0.3) is 0 Å². The van der Waals surface area contributed by atoms with E-state index in [1.165, 1.54) is 11.4 Å². The second-order valence-corrected chi connectivity index (χ2v) is 8.61. The van der Waals surface area contributed by atoms with E-state index in [4.69, 9.17) is 10.5 Å². The van der Waals surface area contributed by atoms with E-state index in [0.717, 1.165) is 6.42 Å². The van der Waals surface area contributed by atoms with E-state index in [0.29, 0.717) is 31.8 Å². The molecule has 1 amide bonds. The molecule has 2 atom stereocenters. The molecular formula is C18H29N3O4S. The molecule has 1 heterocycles. The second-order valence-electron chi connectivity index (χ2n) is 6.67. The van der Waals surface area contributed by atoms with E-state index in [2.05, 4.69) is 0 Å². The van der Waals surface area contributed by atoms with E-state index in [1.807, 2.05) is 13.8 Å². The first-order valence-electron chi connectivity index (χ1n) is 8.99. The van der Waals surface area contributed by atoms with E-state index < -0.39 is 16.1 Å². The Kier molecular flexibility index (Phi) is 7.02. The van der Waals surface area contributed by atoms with Gasteiger partial charge in [0, 0.05) is 26.2 Å². The van der Waals surface area contributed by atoms with Crippen molar-refractivity contribution in [3.05, 3.63) is 24.3 Å². The number of sulfonamides is 1. The van der Waals surface area contributed by atoms with Crippen LogP contribution in [0.2, 0.25) is 0 Å². The highest BCUT2D eigenvalue weighted by molar-refractivity contribution is 7.89. The Labute approximate surface area is 156 Å². The number of rotatable bonds is 6. The number of hydrogen-bond acceptors (Lipinski definition) is 5. The van der Waals surface area contributed by atoms with Crippen LogP contribution in [0.15, 0.2) is 29.2 Å². The zero-order chi connectivity index (χ0) is 19.3. The standard InChI is InChI=1S/C18H29N3O4S/c1-4-14(2)17(19)18(22)20-10-5-11-21(13-12-20)26(23,24)16-8-6-15(25-3)7-9-16/h6-9,14,17H,4-5,10-13,19H2,1-3H3. The Balaban J connectivity index is 2.08. The molecule has 0 aromatic heterocycles. The summed E-state index contributed by atoms with van der Waals surface area (Å²) in [5, 5.41) is 0. The average molecular weight is 384 g/mol. The number of methoxy groups -OCH3 is 1. The third-order valence-electron chi connectivity index (χ3n) is 5.01. The van der Waals surface area contributed by atoms with Crippen molar-refractivity contribution in [3.63, 3.8) is 0 Å². The van der Waals surface area contributed by atoms with Crippen molar-refractivity contribution in [2.75, 3.05) is 33.3 Å². The summed E-state index contributed by atoms with van der Waals surface area (Å²) in [5.74, 6) is 0.614. The van der Waals surface area contributed by atoms with Crippen LogP contribution in [0, 0.1) is 5.92 Å². The highest BCUT2D eigenvalue weighted by Crippen LogP contribution is 2.21. The van der Waals surface area contributed by atoms with Crippen molar-refractivity contribution < 1.29 is 17.9 Å². The van der Waals surface area contributed by atoms with Crippen molar-refractivity contribution in [1.29, 1.82) is 0 Å². The molecule has 2 unspecified atom stereocenters. The third kappa shape index (κ3) is 4.55. The van der Waals surface area contributed by atoms with Crippen molar-refractivity contribution in [3.8, 4) is 5.75 Å². The first-order chi connectivity index (χ1) is 12.3. The minimum Gasteiger partial charge on any atom is -0.497 e. The number of hydrogen-bond donors (Lipinski definition) is 1. The summed E-state index contributed by atoms with van der Waals surface area (Å²) in [5.41, 5.74) is 6.06. The molecule has 0 spiro atoms. The van der Waals surface area contributed by atoms with Gasteiger partial charge in [-0.1, -0.05) is 20.3 Å². The monoisotopic (exact) mass is 383 g/mol. The summed E-state index contributed by atoms with van der Waals surface area (Å²) in [6.45, 7) is 5.50. The molecule has 1 aromatic rings. The smallest absolute Gasteiger partial charge is 0.243 e. The fourth-order valence-corrected chi connectivity index (χ4v) is 4.43. The van der Waals surface area contributed by atoms with Crippen LogP contribution >= 0.6 is 0 Å². The number of amides is 1. The Hall–Kier alpha value is -1.64. The maximum Gasteiger partial charge on any atom is 0.243 e. The number of ether oxygens (including phenoxy) is 1. The fraction of sp³-hybridized carbons (Fsp3) is 0.611. The van der Waals surface area contributed by atoms with Crippen molar-refractivity contribution in [2.24, 2.45) is 11.7 Å². The first kappa shape index (κ1) is 20.7. The second kappa shape index (κ2) is 8.83. The average Bonchev–Trinajstić information content (AvgIpc) is 2.93. The van der Waals surface area contributed by atoms with Gasteiger partial charge in [-0.05, 0) is 36.6 Å². The number of nitrogens with two attached hydrogens (primary N) is 1. The number of nitrogens with zero attached hydrogens (tertiary/aromatic N) is 2. The lowest BCUT2D eigenvalue weighted by molar-refractivity contribution is -0.133. The largest absolute Gasteiger partial charge is 0.497 e. The van der Waals surface area contributed by atoms with Crippen LogP contribution < -0.4 is 10.5 Å². The Morgan fingerprint density at radius 3 is 2.42 bits per heavy atom. The van der Waals surface area contributed by atoms with Crippen LogP contribution in [-0.2, 0) is 14.8 Å². The summed E-state index contributed by atoms with van der Waals surface area (Å²) in [6.07, 6.45) is 1.42. The van der Waals surface area contributed by atoms with Gasteiger partial charge in [0.1, 0.15) is 5.75 Å². The zero-order valence-corrected chi connectivity index (χ0v) is 16.5. The molecule has 0 radical (unpaired) electrons. The first-order valence-corrected chi connectivity index (χ1v) is 10.4. The topological polar surface area (TPSA) is 92.9 Å². The Morgan fingerprint density at radius 2 is 1.85 bits per heavy atom. The lowest BCUT2D eigenvalue weighted by atomic mass is 9.99. The van der Waals surface area contributed by atoms with E-state index in [1.54, 1.807) is 29.2 Å². The molecule has 1 aliphatic heterocycles. The minimum atomic E-state index is -3.59. The van der Waals surface area contributed by atoms with E-state index in [9.17, 15) is 13.2 Å². The van der Waals surface area contributed by atoms with Gasteiger partial charge in [-0.2, -0.15) is 4.31 Å². The van der Waals surface area contributed by atoms with E-state index >= 15 is 0 Å². The zero-order valence-electron chi connectivity index (χ0n) is 15.7. The molecule has 1 fully saturated rings. The molecular weight excluding hydrogens is 354 g/mol. The molecule has 0 bridgehead atoms. The molecule has 146 valence electrons. The van der Waals surface area contributed by atoms with Crippen LogP contribution in [0.4, 0.5) is 0 Å². The molecule has 2 rings (SSSR count). The summed E-state index contributed by atoms with van der Waals surface area (Å²) in [7, 11) is -2.06. The summed E-state index contributed by atoms with van der Waals surface area (Å²) in [6, 6.07) is 5.81. The normalized spacial score (nSPS) is 18.8. The molecule has 2 N–H and O–H groups in total. The van der Waals surface area contributed by atoms with Gasteiger partial charge in [0.2, 0.25) is 15.9 Å². The SMILES string of the molecule is CCC(C)C(N)C(=O)N1CCCN(S(=O)(=O)c2ccc(OC)cc2)CC1. The summed E-state index contributed by atoms with van der Waals surface area (Å²) in [4.78, 5) is 14.5. The third-order valence-corrected chi connectivity index (χ3v) is 6.92. The van der Waals surface area contributed by atoms with Gasteiger partial charge in [-0.15, -0.1) is 0 Å². The summed E-state index contributed by atoms with van der Waals surface area (Å²) < 4.78 is 32.2. The van der Waals surface area contributed by atoms with Crippen molar-refractivity contribution in [1.82, 2.24) is 9.21 Å². The van der Waals surface area contributed by atoms with Gasteiger partial charge < -0.3 is 15.4 Å². The van der Waals surface area contributed by atoms with Gasteiger partial charge in [-0.3, -0.25) is 4.79 Å². The lowest BCUT2D eigenvalue weighted by Crippen LogP contribution is -2.48. The van der Waals surface area contributed by atoms with Gasteiger partial charge in [0.15, 0.2) is 0 Å². The molecule has 1 saturated heterocycles. The predicted octanol–water partition coefficient (Wildman–Crippen LogP) is 1.29. The van der Waals surface area contributed by atoms with Gasteiger partial charge in [0.05, 0.1) is 18.0 Å². The lowest BCUT2D eigenvalue weighted by Gasteiger charge is -2.27. The van der Waals surface area contributed by atoms with E-state index in [-0.39, 0.29) is 23.3 Å². The quantitative estimate of drug-likeness (QED) is 0.799. The molecule has 7 nitrogen and oxygen atoms in total. The highest BCUT2D eigenvalue weighted by Gasteiger charge is 2.30. The van der Waals surface area contributed by atoms with Gasteiger partial charge in [0.25, 0.3) is 0 Å². The number of benzene rings is 1. The molecule has 1 aromatic carbocycles. The predicted molar refractivity (Wildman–Crippen MR) is 100 cm³/mol. The summed E-state index contributed by atoms with van der Waals surface area (Å²) >= 11 is 0. The number of carbonyl (C=O) groups is 1. The van der Waals surface area contributed by atoms with Crippen LogP contribution in [0.3, 0.4) is 0 Å². The number of carbonyl (C=O) groups excluding carboxylic acids is 1. The maximum atomic E-state index is 12.9. The molecule has 8 heteroatoms. The molecule has 26 heavy (non-hydrogen) atoms. The molecule has 0 aliphatic carbocycles. The van der Waals surface area contributed by atoms with Crippen molar-refractivity contribution in [2.45, 2.75) is 37.6 Å². The van der Waals surface area contributed by atoms with Crippen molar-refractivity contribution >= 4 is 15.9 Å². The minimum absolute atomic E-state index is 0.0944. The Bertz CT molecular complexity index is 706. The molecule has 0 saturated carbocycles. The van der Waals surface area contributed by atoms with Crippen LogP contribution in [0.1, 0.15) is 26.7 Å². The highest BCUT2D eigenvalue weighted by atomic mass is 32.2. The molecule has 1 aliphatic rings. The van der Waals surface area contributed by atoms with Crippen LogP contribution in [-0.4, -0.2) is 62.9 Å². The Morgan fingerprint density at radius 1 is 1.19 bits per heavy atom. The van der Waals surface area contributed by atoms with Crippen LogP contribution in [0.5, 0.6) is 5.75 Å². The maximum absolute atomic E-state index is 12.9. The van der Waals surface area contributed by atoms with Gasteiger partial charge in [-0.25, -0.2) is 8.42 Å².